The van der Waals surface area contributed by atoms with Gasteiger partial charge in [-0.05, 0) is 18.2 Å². The van der Waals surface area contributed by atoms with Gasteiger partial charge in [0.2, 0.25) is 0 Å². The first kappa shape index (κ1) is 12.4. The highest BCUT2D eigenvalue weighted by molar-refractivity contribution is 6.17. The molecule has 19 heavy (non-hydrogen) atoms. The summed E-state index contributed by atoms with van der Waals surface area (Å²) in [5.41, 5.74) is 1.78. The van der Waals surface area contributed by atoms with Gasteiger partial charge in [0.15, 0.2) is 0 Å². The number of aromatic nitrogens is 3. The number of hydrogen-bond acceptors (Lipinski definition) is 3. The number of alkyl halides is 1. The monoisotopic (exact) mass is 281 g/mol. The summed E-state index contributed by atoms with van der Waals surface area (Å²) in [4.78, 5) is 0. The van der Waals surface area contributed by atoms with Gasteiger partial charge >= 0.3 is 0 Å². The summed E-state index contributed by atoms with van der Waals surface area (Å²) in [5, 5.41) is 8.06. The van der Waals surface area contributed by atoms with E-state index in [0.29, 0.717) is 25.3 Å². The Hall–Kier alpha value is -1.62. The van der Waals surface area contributed by atoms with Crippen molar-refractivity contribution in [2.75, 3.05) is 5.88 Å². The van der Waals surface area contributed by atoms with E-state index in [2.05, 4.69) is 10.3 Å². The number of fused-ring (bicyclic) bond motifs is 1. The molecule has 0 radical (unpaired) electrons. The summed E-state index contributed by atoms with van der Waals surface area (Å²) < 4.78 is 20.6. The van der Waals surface area contributed by atoms with E-state index >= 15 is 0 Å². The van der Waals surface area contributed by atoms with Crippen molar-refractivity contribution in [2.45, 2.75) is 25.5 Å². The van der Waals surface area contributed by atoms with Crippen molar-refractivity contribution in [1.82, 2.24) is 15.0 Å². The molecule has 0 amide bonds. The lowest BCUT2D eigenvalue weighted by Crippen LogP contribution is -2.21. The second-order valence-corrected chi connectivity index (χ2v) is 4.94. The number of rotatable bonds is 4. The third kappa shape index (κ3) is 2.71. The van der Waals surface area contributed by atoms with Gasteiger partial charge in [-0.1, -0.05) is 5.21 Å². The summed E-state index contributed by atoms with van der Waals surface area (Å²) >= 11 is 5.65. The smallest absolute Gasteiger partial charge is 0.123 e. The van der Waals surface area contributed by atoms with E-state index in [1.54, 1.807) is 10.7 Å². The second-order valence-electron chi connectivity index (χ2n) is 4.57. The lowest BCUT2D eigenvalue weighted by atomic mass is 10.1. The molecule has 0 fully saturated rings. The molecule has 1 unspecified atom stereocenters. The third-order valence-corrected chi connectivity index (χ3v) is 3.28. The van der Waals surface area contributed by atoms with E-state index in [1.807, 2.05) is 6.20 Å². The molecule has 1 aliphatic rings. The van der Waals surface area contributed by atoms with E-state index < -0.39 is 0 Å². The molecule has 0 N–H and O–H groups in total. The van der Waals surface area contributed by atoms with E-state index in [9.17, 15) is 4.39 Å². The van der Waals surface area contributed by atoms with E-state index in [0.717, 1.165) is 17.0 Å². The van der Waals surface area contributed by atoms with Gasteiger partial charge in [-0.15, -0.1) is 16.7 Å². The first-order chi connectivity index (χ1) is 9.24. The summed E-state index contributed by atoms with van der Waals surface area (Å²) in [7, 11) is 0. The third-order valence-electron chi connectivity index (χ3n) is 3.09. The minimum Gasteiger partial charge on any atom is -0.488 e. The molecule has 1 aliphatic heterocycles. The number of hydrogen-bond donors (Lipinski definition) is 0. The Balaban J connectivity index is 1.66. The van der Waals surface area contributed by atoms with Gasteiger partial charge in [-0.25, -0.2) is 9.07 Å². The van der Waals surface area contributed by atoms with Crippen LogP contribution in [0.3, 0.4) is 0 Å². The molecule has 0 spiro atoms. The molecule has 2 heterocycles. The Morgan fingerprint density at radius 1 is 1.47 bits per heavy atom. The molecule has 0 saturated carbocycles. The average molecular weight is 282 g/mol. The van der Waals surface area contributed by atoms with E-state index in [4.69, 9.17) is 16.3 Å². The molecule has 0 aliphatic carbocycles. The summed E-state index contributed by atoms with van der Waals surface area (Å²) in [5.74, 6) is 1.06. The van der Waals surface area contributed by atoms with Gasteiger partial charge in [0.1, 0.15) is 17.7 Å². The van der Waals surface area contributed by atoms with Gasteiger partial charge in [-0.2, -0.15) is 0 Å². The second kappa shape index (κ2) is 5.17. The largest absolute Gasteiger partial charge is 0.488 e. The lowest BCUT2D eigenvalue weighted by Gasteiger charge is -2.09. The molecule has 1 aromatic heterocycles. The SMILES string of the molecule is Fc1ccc2c(c1)CC(Cn1cc(CCCl)nn1)O2. The van der Waals surface area contributed by atoms with Crippen molar-refractivity contribution in [3.05, 3.63) is 41.5 Å². The fourth-order valence-corrected chi connectivity index (χ4v) is 2.43. The highest BCUT2D eigenvalue weighted by atomic mass is 35.5. The van der Waals surface area contributed by atoms with Crippen LogP contribution in [0.15, 0.2) is 24.4 Å². The fraction of sp³-hybridized carbons (Fsp3) is 0.385. The average Bonchev–Trinajstić information content (AvgIpc) is 2.96. The Labute approximate surface area is 115 Å². The topological polar surface area (TPSA) is 39.9 Å². The number of nitrogens with zero attached hydrogens (tertiary/aromatic N) is 3. The molecule has 2 aromatic rings. The molecule has 0 saturated heterocycles. The zero-order valence-corrected chi connectivity index (χ0v) is 11.0. The first-order valence-electron chi connectivity index (χ1n) is 6.14. The minimum atomic E-state index is -0.229. The van der Waals surface area contributed by atoms with Crippen LogP contribution in [0.1, 0.15) is 11.3 Å². The van der Waals surface area contributed by atoms with Crippen LogP contribution in [0.25, 0.3) is 0 Å². The van der Waals surface area contributed by atoms with Gasteiger partial charge in [0.25, 0.3) is 0 Å². The molecule has 4 nitrogen and oxygen atoms in total. The molecule has 3 rings (SSSR count). The maximum Gasteiger partial charge on any atom is 0.123 e. The highest BCUT2D eigenvalue weighted by Crippen LogP contribution is 2.29. The van der Waals surface area contributed by atoms with Crippen molar-refractivity contribution in [2.24, 2.45) is 0 Å². The van der Waals surface area contributed by atoms with Crippen LogP contribution in [-0.4, -0.2) is 27.0 Å². The standard InChI is InChI=1S/C13H13ClFN3O/c14-4-3-11-7-18(17-16-11)8-12-6-9-5-10(15)1-2-13(9)19-12/h1-2,5,7,12H,3-4,6,8H2. The van der Waals surface area contributed by atoms with Crippen LogP contribution >= 0.6 is 11.6 Å². The number of halogens is 2. The predicted molar refractivity (Wildman–Crippen MR) is 69.0 cm³/mol. The van der Waals surface area contributed by atoms with Crippen molar-refractivity contribution in [3.8, 4) is 5.75 Å². The summed E-state index contributed by atoms with van der Waals surface area (Å²) in [6, 6.07) is 4.61. The van der Waals surface area contributed by atoms with Crippen molar-refractivity contribution in [1.29, 1.82) is 0 Å². The van der Waals surface area contributed by atoms with Crippen molar-refractivity contribution < 1.29 is 9.13 Å². The normalized spacial score (nSPS) is 17.3. The fourth-order valence-electron chi connectivity index (χ4n) is 2.24. The van der Waals surface area contributed by atoms with Crippen LogP contribution in [0.4, 0.5) is 4.39 Å². The molecule has 6 heteroatoms. The van der Waals surface area contributed by atoms with Crippen LogP contribution in [0.2, 0.25) is 0 Å². The zero-order valence-electron chi connectivity index (χ0n) is 10.2. The van der Waals surface area contributed by atoms with Gasteiger partial charge in [-0.3, -0.25) is 0 Å². The Morgan fingerprint density at radius 2 is 2.37 bits per heavy atom. The quantitative estimate of drug-likeness (QED) is 0.807. The Morgan fingerprint density at radius 3 is 3.21 bits per heavy atom. The van der Waals surface area contributed by atoms with Crippen molar-refractivity contribution >= 4 is 11.6 Å². The predicted octanol–water partition coefficient (Wildman–Crippen LogP) is 2.20. The number of aryl methyl sites for hydroxylation is 1. The molecular formula is C13H13ClFN3O. The molecule has 100 valence electrons. The lowest BCUT2D eigenvalue weighted by molar-refractivity contribution is 0.202. The van der Waals surface area contributed by atoms with E-state index in [-0.39, 0.29) is 11.9 Å². The highest BCUT2D eigenvalue weighted by Gasteiger charge is 2.24. The maximum absolute atomic E-state index is 13.1. The minimum absolute atomic E-state index is 0.0256. The van der Waals surface area contributed by atoms with Crippen LogP contribution in [-0.2, 0) is 19.4 Å². The summed E-state index contributed by atoms with van der Waals surface area (Å²) in [6.45, 7) is 0.603. The molecule has 1 aromatic carbocycles. The zero-order chi connectivity index (χ0) is 13.2. The Kier molecular flexibility index (Phi) is 3.38. The van der Waals surface area contributed by atoms with Gasteiger partial charge in [0.05, 0.1) is 12.2 Å². The van der Waals surface area contributed by atoms with Crippen LogP contribution < -0.4 is 4.74 Å². The summed E-state index contributed by atoms with van der Waals surface area (Å²) in [6.07, 6.45) is 3.24. The van der Waals surface area contributed by atoms with Crippen molar-refractivity contribution in [3.63, 3.8) is 0 Å². The molecular weight excluding hydrogens is 269 g/mol. The first-order valence-corrected chi connectivity index (χ1v) is 6.68. The van der Waals surface area contributed by atoms with Crippen LogP contribution in [0, 0.1) is 5.82 Å². The molecule has 0 bridgehead atoms. The number of benzene rings is 1. The maximum atomic E-state index is 13.1. The number of ether oxygens (including phenoxy) is 1. The van der Waals surface area contributed by atoms with E-state index in [1.165, 1.54) is 12.1 Å². The molecule has 1 atom stereocenters. The van der Waals surface area contributed by atoms with Gasteiger partial charge < -0.3 is 4.74 Å². The van der Waals surface area contributed by atoms with Crippen LogP contribution in [0.5, 0.6) is 5.75 Å². The Bertz CT molecular complexity index is 587. The van der Waals surface area contributed by atoms with Gasteiger partial charge in [0, 0.05) is 30.5 Å².